The smallest absolute Gasteiger partial charge is 0.313 e. The highest BCUT2D eigenvalue weighted by atomic mass is 35.5. The summed E-state index contributed by atoms with van der Waals surface area (Å²) in [6.07, 6.45) is 3.14. The fourth-order valence-corrected chi connectivity index (χ4v) is 2.95. The summed E-state index contributed by atoms with van der Waals surface area (Å²) in [6, 6.07) is 4.56. The Bertz CT molecular complexity index is 564. The van der Waals surface area contributed by atoms with Gasteiger partial charge in [-0.15, -0.1) is 0 Å². The van der Waals surface area contributed by atoms with Crippen molar-refractivity contribution in [2.24, 2.45) is 0 Å². The van der Waals surface area contributed by atoms with E-state index in [4.69, 9.17) is 28.3 Å². The molecule has 0 radical (unpaired) electrons. The molecule has 2 N–H and O–H groups in total. The molecule has 1 fully saturated rings. The Hall–Kier alpha value is -1.30. The maximum atomic E-state index is 12.3. The van der Waals surface area contributed by atoms with Crippen LogP contribution in [0.4, 0.5) is 5.69 Å². The molecule has 1 aromatic carbocycles. The Balaban J connectivity index is 2.07. The number of halogens is 2. The maximum absolute atomic E-state index is 12.3. The first-order valence-electron chi connectivity index (χ1n) is 7.21. The third-order valence-electron chi connectivity index (χ3n) is 3.72. The van der Waals surface area contributed by atoms with E-state index in [9.17, 15) is 9.59 Å². The van der Waals surface area contributed by atoms with Crippen LogP contribution >= 0.6 is 23.2 Å². The molecule has 0 bridgehead atoms. The predicted octanol–water partition coefficient (Wildman–Crippen LogP) is 2.70. The number of aliphatic hydroxyl groups excluding tert-OH is 1. The van der Waals surface area contributed by atoms with Crippen LogP contribution in [0.2, 0.25) is 10.0 Å². The predicted molar refractivity (Wildman–Crippen MR) is 86.1 cm³/mol. The van der Waals surface area contributed by atoms with E-state index < -0.39 is 11.8 Å². The van der Waals surface area contributed by atoms with Crippen LogP contribution in [0.25, 0.3) is 0 Å². The van der Waals surface area contributed by atoms with Gasteiger partial charge in [0.25, 0.3) is 0 Å². The Morgan fingerprint density at radius 2 is 2.09 bits per heavy atom. The van der Waals surface area contributed by atoms with Crippen LogP contribution in [0.5, 0.6) is 0 Å². The van der Waals surface area contributed by atoms with Crippen LogP contribution in [0, 0.1) is 0 Å². The van der Waals surface area contributed by atoms with Crippen molar-refractivity contribution in [1.29, 1.82) is 0 Å². The number of anilines is 1. The van der Waals surface area contributed by atoms with Crippen molar-refractivity contribution < 1.29 is 14.7 Å². The number of likely N-dealkylation sites (tertiary alicyclic amines) is 1. The summed E-state index contributed by atoms with van der Waals surface area (Å²) in [4.78, 5) is 26.0. The zero-order valence-corrected chi connectivity index (χ0v) is 13.5. The van der Waals surface area contributed by atoms with Crippen LogP contribution in [0.15, 0.2) is 18.2 Å². The lowest BCUT2D eigenvalue weighted by Crippen LogP contribution is -2.48. The molecule has 1 heterocycles. The Labute approximate surface area is 139 Å². The highest BCUT2D eigenvalue weighted by Crippen LogP contribution is 2.26. The Kier molecular flexibility index (Phi) is 6.06. The number of nitrogens with zero attached hydrogens (tertiary/aromatic N) is 1. The summed E-state index contributed by atoms with van der Waals surface area (Å²) in [5.41, 5.74) is 0.309. The SMILES string of the molecule is O=C(Nc1cc(Cl)ccc1Cl)C(=O)N1CCCCC1CCO. The Morgan fingerprint density at radius 3 is 2.82 bits per heavy atom. The summed E-state index contributed by atoms with van der Waals surface area (Å²) < 4.78 is 0. The average Bonchev–Trinajstić information content (AvgIpc) is 2.51. The largest absolute Gasteiger partial charge is 0.396 e. The normalized spacial score (nSPS) is 18.1. The lowest BCUT2D eigenvalue weighted by Gasteiger charge is -2.35. The zero-order chi connectivity index (χ0) is 16.1. The molecule has 1 aromatic rings. The van der Waals surface area contributed by atoms with E-state index in [1.807, 2.05) is 0 Å². The lowest BCUT2D eigenvalue weighted by molar-refractivity contribution is -0.146. The first-order valence-corrected chi connectivity index (χ1v) is 7.96. The molecule has 22 heavy (non-hydrogen) atoms. The van der Waals surface area contributed by atoms with Gasteiger partial charge in [-0.1, -0.05) is 23.2 Å². The molecule has 1 aliphatic rings. The van der Waals surface area contributed by atoms with E-state index >= 15 is 0 Å². The van der Waals surface area contributed by atoms with E-state index in [2.05, 4.69) is 5.32 Å². The molecule has 7 heteroatoms. The molecule has 1 atom stereocenters. The molecule has 0 saturated carbocycles. The van der Waals surface area contributed by atoms with E-state index in [0.717, 1.165) is 19.3 Å². The van der Waals surface area contributed by atoms with Crippen LogP contribution < -0.4 is 5.32 Å². The summed E-state index contributed by atoms with van der Waals surface area (Å²) in [6.45, 7) is 0.524. The molecule has 120 valence electrons. The van der Waals surface area contributed by atoms with Crippen molar-refractivity contribution in [2.75, 3.05) is 18.5 Å². The number of aliphatic hydroxyl groups is 1. The second-order valence-electron chi connectivity index (χ2n) is 5.24. The van der Waals surface area contributed by atoms with Crippen molar-refractivity contribution in [1.82, 2.24) is 4.90 Å². The number of piperidine rings is 1. The third-order valence-corrected chi connectivity index (χ3v) is 4.29. The highest BCUT2D eigenvalue weighted by molar-refractivity contribution is 6.42. The quantitative estimate of drug-likeness (QED) is 0.828. The monoisotopic (exact) mass is 344 g/mol. The van der Waals surface area contributed by atoms with Crippen LogP contribution in [0.3, 0.4) is 0 Å². The van der Waals surface area contributed by atoms with E-state index in [-0.39, 0.29) is 12.6 Å². The summed E-state index contributed by atoms with van der Waals surface area (Å²) >= 11 is 11.8. The molecular weight excluding hydrogens is 327 g/mol. The van der Waals surface area contributed by atoms with Gasteiger partial charge >= 0.3 is 11.8 Å². The molecule has 1 aliphatic heterocycles. The average molecular weight is 345 g/mol. The van der Waals surface area contributed by atoms with Crippen molar-refractivity contribution in [3.63, 3.8) is 0 Å². The Morgan fingerprint density at radius 1 is 1.32 bits per heavy atom. The van der Waals surface area contributed by atoms with Crippen LogP contribution in [-0.2, 0) is 9.59 Å². The number of hydrogen-bond acceptors (Lipinski definition) is 3. The number of hydrogen-bond donors (Lipinski definition) is 2. The topological polar surface area (TPSA) is 69.6 Å². The van der Waals surface area contributed by atoms with Gasteiger partial charge in [0.1, 0.15) is 0 Å². The number of benzene rings is 1. The molecule has 5 nitrogen and oxygen atoms in total. The first kappa shape index (κ1) is 17.1. The summed E-state index contributed by atoms with van der Waals surface area (Å²) in [5.74, 6) is -1.34. The molecular formula is C15H18Cl2N2O3. The number of carbonyl (C=O) groups is 2. The fraction of sp³-hybridized carbons (Fsp3) is 0.467. The first-order chi connectivity index (χ1) is 10.5. The van der Waals surface area contributed by atoms with E-state index in [0.29, 0.717) is 28.7 Å². The van der Waals surface area contributed by atoms with Gasteiger partial charge in [0.2, 0.25) is 0 Å². The molecule has 1 unspecified atom stereocenters. The van der Waals surface area contributed by atoms with Crippen LogP contribution in [0.1, 0.15) is 25.7 Å². The second kappa shape index (κ2) is 7.81. The molecule has 0 spiro atoms. The molecule has 0 aromatic heterocycles. The van der Waals surface area contributed by atoms with Crippen molar-refractivity contribution in [3.8, 4) is 0 Å². The minimum Gasteiger partial charge on any atom is -0.396 e. The lowest BCUT2D eigenvalue weighted by atomic mass is 9.99. The van der Waals surface area contributed by atoms with Gasteiger partial charge in [0.05, 0.1) is 10.7 Å². The van der Waals surface area contributed by atoms with E-state index in [1.165, 1.54) is 11.0 Å². The number of nitrogens with one attached hydrogen (secondary N) is 1. The molecule has 2 rings (SSSR count). The second-order valence-corrected chi connectivity index (χ2v) is 6.08. The standard InChI is InChI=1S/C15H18Cl2N2O3/c16-10-4-5-12(17)13(9-10)18-14(21)15(22)19-7-2-1-3-11(19)6-8-20/h4-5,9,11,20H,1-3,6-8H2,(H,18,21). The number of carbonyl (C=O) groups excluding carboxylic acids is 2. The third kappa shape index (κ3) is 4.12. The minimum atomic E-state index is -0.742. The van der Waals surface area contributed by atoms with Crippen LogP contribution in [-0.4, -0.2) is 41.0 Å². The highest BCUT2D eigenvalue weighted by Gasteiger charge is 2.30. The molecule has 0 aliphatic carbocycles. The minimum absolute atomic E-state index is 0.00378. The van der Waals surface area contributed by atoms with Crippen molar-refractivity contribution in [3.05, 3.63) is 28.2 Å². The van der Waals surface area contributed by atoms with Crippen molar-refractivity contribution >= 4 is 40.7 Å². The van der Waals surface area contributed by atoms with Gasteiger partial charge in [-0.2, -0.15) is 0 Å². The molecule has 2 amide bonds. The van der Waals surface area contributed by atoms with Gasteiger partial charge in [0.15, 0.2) is 0 Å². The fourth-order valence-electron chi connectivity index (χ4n) is 2.62. The number of amides is 2. The summed E-state index contributed by atoms with van der Waals surface area (Å²) in [7, 11) is 0. The van der Waals surface area contributed by atoms with Crippen molar-refractivity contribution in [2.45, 2.75) is 31.7 Å². The van der Waals surface area contributed by atoms with E-state index in [1.54, 1.807) is 12.1 Å². The van der Waals surface area contributed by atoms with Gasteiger partial charge < -0.3 is 15.3 Å². The summed E-state index contributed by atoms with van der Waals surface area (Å²) in [5, 5.41) is 12.3. The van der Waals surface area contributed by atoms with Gasteiger partial charge in [-0.25, -0.2) is 0 Å². The number of rotatable bonds is 3. The molecule has 1 saturated heterocycles. The van der Waals surface area contributed by atoms with Gasteiger partial charge in [0, 0.05) is 24.2 Å². The van der Waals surface area contributed by atoms with Gasteiger partial charge in [-0.05, 0) is 43.9 Å². The maximum Gasteiger partial charge on any atom is 0.313 e. The van der Waals surface area contributed by atoms with Gasteiger partial charge in [-0.3, -0.25) is 9.59 Å². The zero-order valence-electron chi connectivity index (χ0n) is 12.0.